The van der Waals surface area contributed by atoms with Crippen LogP contribution in [0.15, 0.2) is 21.3 Å². The van der Waals surface area contributed by atoms with Crippen LogP contribution in [0.1, 0.15) is 18.7 Å². The van der Waals surface area contributed by atoms with E-state index in [4.69, 9.17) is 4.52 Å². The van der Waals surface area contributed by atoms with Gasteiger partial charge in [0.05, 0.1) is 0 Å². The summed E-state index contributed by atoms with van der Waals surface area (Å²) < 4.78 is 5.37. The molecule has 1 N–H and O–H groups in total. The Hall–Kier alpha value is -2.42. The summed E-state index contributed by atoms with van der Waals surface area (Å²) in [5.41, 5.74) is 0.959. The van der Waals surface area contributed by atoms with Crippen molar-refractivity contribution >= 4 is 23.4 Å². The lowest BCUT2D eigenvalue weighted by atomic mass is 9.95. The SMILES string of the molecule is O=C1NCCN1C(=O)N1CCC[C@@H](Cc2nc(-c3ccsc3)no2)C1. The van der Waals surface area contributed by atoms with Crippen molar-refractivity contribution in [1.29, 1.82) is 0 Å². The summed E-state index contributed by atoms with van der Waals surface area (Å²) in [6.45, 7) is 2.25. The lowest BCUT2D eigenvalue weighted by molar-refractivity contribution is 0.137. The maximum Gasteiger partial charge on any atom is 0.328 e. The van der Waals surface area contributed by atoms with Crippen molar-refractivity contribution in [3.05, 3.63) is 22.7 Å². The lowest BCUT2D eigenvalue weighted by Crippen LogP contribution is -2.48. The van der Waals surface area contributed by atoms with Gasteiger partial charge in [0.15, 0.2) is 0 Å². The summed E-state index contributed by atoms with van der Waals surface area (Å²) in [5, 5.41) is 10.7. The van der Waals surface area contributed by atoms with Crippen LogP contribution in [-0.2, 0) is 6.42 Å². The molecule has 2 saturated heterocycles. The second-order valence-corrected chi connectivity index (χ2v) is 7.13. The molecule has 2 aliphatic rings. The molecule has 4 rings (SSSR count). The first-order chi connectivity index (χ1) is 12.2. The average molecular weight is 361 g/mol. The van der Waals surface area contributed by atoms with Crippen molar-refractivity contribution < 1.29 is 14.1 Å². The van der Waals surface area contributed by atoms with E-state index < -0.39 is 0 Å². The number of rotatable bonds is 3. The highest BCUT2D eigenvalue weighted by molar-refractivity contribution is 7.08. The molecule has 8 nitrogen and oxygen atoms in total. The molecule has 2 aromatic heterocycles. The fraction of sp³-hybridized carbons (Fsp3) is 0.500. The second kappa shape index (κ2) is 6.83. The maximum atomic E-state index is 12.5. The van der Waals surface area contributed by atoms with Gasteiger partial charge in [-0.15, -0.1) is 0 Å². The largest absolute Gasteiger partial charge is 0.339 e. The van der Waals surface area contributed by atoms with Crippen LogP contribution in [0.4, 0.5) is 9.59 Å². The molecular weight excluding hydrogens is 342 g/mol. The minimum Gasteiger partial charge on any atom is -0.339 e. The van der Waals surface area contributed by atoms with Gasteiger partial charge < -0.3 is 14.7 Å². The molecule has 0 aliphatic carbocycles. The highest BCUT2D eigenvalue weighted by Gasteiger charge is 2.33. The summed E-state index contributed by atoms with van der Waals surface area (Å²) in [6, 6.07) is 1.45. The van der Waals surface area contributed by atoms with Crippen LogP contribution in [-0.4, -0.2) is 58.2 Å². The third-order valence-electron chi connectivity index (χ3n) is 4.59. The molecule has 2 fully saturated rings. The van der Waals surface area contributed by atoms with Crippen molar-refractivity contribution in [2.24, 2.45) is 5.92 Å². The zero-order chi connectivity index (χ0) is 17.2. The van der Waals surface area contributed by atoms with Gasteiger partial charge in [-0.05, 0) is 30.2 Å². The molecule has 0 bridgehead atoms. The Labute approximate surface area is 148 Å². The van der Waals surface area contributed by atoms with Gasteiger partial charge in [0.2, 0.25) is 11.7 Å². The number of piperidine rings is 1. The van der Waals surface area contributed by atoms with E-state index in [9.17, 15) is 9.59 Å². The van der Waals surface area contributed by atoms with Gasteiger partial charge in [0.25, 0.3) is 0 Å². The third-order valence-corrected chi connectivity index (χ3v) is 5.27. The van der Waals surface area contributed by atoms with E-state index >= 15 is 0 Å². The molecule has 132 valence electrons. The Morgan fingerprint density at radius 1 is 1.44 bits per heavy atom. The molecule has 0 unspecified atom stereocenters. The Balaban J connectivity index is 1.38. The monoisotopic (exact) mass is 361 g/mol. The van der Waals surface area contributed by atoms with Crippen molar-refractivity contribution in [1.82, 2.24) is 25.3 Å². The highest BCUT2D eigenvalue weighted by Crippen LogP contribution is 2.24. The van der Waals surface area contributed by atoms with Crippen LogP contribution in [0, 0.1) is 5.92 Å². The number of imide groups is 1. The normalized spacial score (nSPS) is 20.8. The molecule has 2 aliphatic heterocycles. The Kier molecular flexibility index (Phi) is 4.39. The zero-order valence-electron chi connectivity index (χ0n) is 13.7. The van der Waals surface area contributed by atoms with Gasteiger partial charge in [-0.3, -0.25) is 0 Å². The van der Waals surface area contributed by atoms with E-state index in [2.05, 4.69) is 15.5 Å². The molecule has 0 saturated carbocycles. The summed E-state index contributed by atoms with van der Waals surface area (Å²) in [5.74, 6) is 1.47. The van der Waals surface area contributed by atoms with Gasteiger partial charge in [0.1, 0.15) is 0 Å². The number of thiophene rings is 1. The molecular formula is C16H19N5O3S. The number of urea groups is 2. The average Bonchev–Trinajstić information content (AvgIpc) is 3.35. The number of carbonyl (C=O) groups excluding carboxylic acids is 2. The minimum atomic E-state index is -0.301. The molecule has 4 amide bonds. The number of amides is 4. The van der Waals surface area contributed by atoms with Gasteiger partial charge >= 0.3 is 12.1 Å². The van der Waals surface area contributed by atoms with Crippen LogP contribution in [0.3, 0.4) is 0 Å². The fourth-order valence-corrected chi connectivity index (χ4v) is 3.96. The number of nitrogens with one attached hydrogen (secondary N) is 1. The van der Waals surface area contributed by atoms with Crippen LogP contribution in [0.25, 0.3) is 11.4 Å². The predicted molar refractivity (Wildman–Crippen MR) is 91.1 cm³/mol. The van der Waals surface area contributed by atoms with E-state index in [1.165, 1.54) is 4.90 Å². The maximum absolute atomic E-state index is 12.5. The minimum absolute atomic E-state index is 0.204. The topological polar surface area (TPSA) is 91.6 Å². The predicted octanol–water partition coefficient (Wildman–Crippen LogP) is 2.20. The number of carbonyl (C=O) groups is 2. The van der Waals surface area contributed by atoms with Gasteiger partial charge in [-0.2, -0.15) is 16.3 Å². The van der Waals surface area contributed by atoms with E-state index in [1.807, 2.05) is 16.8 Å². The first kappa shape index (κ1) is 16.1. The first-order valence-electron chi connectivity index (χ1n) is 8.40. The summed E-state index contributed by atoms with van der Waals surface area (Å²) in [7, 11) is 0. The summed E-state index contributed by atoms with van der Waals surface area (Å²) >= 11 is 1.59. The number of likely N-dealkylation sites (tertiary alicyclic amines) is 1. The smallest absolute Gasteiger partial charge is 0.328 e. The van der Waals surface area contributed by atoms with Crippen molar-refractivity contribution in [2.45, 2.75) is 19.3 Å². The zero-order valence-corrected chi connectivity index (χ0v) is 14.5. The molecule has 2 aromatic rings. The molecule has 0 radical (unpaired) electrons. The van der Waals surface area contributed by atoms with Crippen LogP contribution in [0.2, 0.25) is 0 Å². The molecule has 25 heavy (non-hydrogen) atoms. The highest BCUT2D eigenvalue weighted by atomic mass is 32.1. The second-order valence-electron chi connectivity index (χ2n) is 6.35. The molecule has 9 heteroatoms. The van der Waals surface area contributed by atoms with E-state index in [-0.39, 0.29) is 18.0 Å². The Morgan fingerprint density at radius 3 is 3.12 bits per heavy atom. The molecule has 1 atom stereocenters. The van der Waals surface area contributed by atoms with E-state index in [0.717, 1.165) is 18.4 Å². The van der Waals surface area contributed by atoms with Crippen molar-refractivity contribution in [2.75, 3.05) is 26.2 Å². The molecule has 4 heterocycles. The van der Waals surface area contributed by atoms with E-state index in [1.54, 1.807) is 16.2 Å². The van der Waals surface area contributed by atoms with Crippen LogP contribution < -0.4 is 5.32 Å². The summed E-state index contributed by atoms with van der Waals surface area (Å²) in [6.07, 6.45) is 2.57. The number of hydrogen-bond acceptors (Lipinski definition) is 6. The van der Waals surface area contributed by atoms with E-state index in [0.29, 0.717) is 44.3 Å². The third kappa shape index (κ3) is 3.37. The van der Waals surface area contributed by atoms with Crippen LogP contribution >= 0.6 is 11.3 Å². The molecule has 0 spiro atoms. The first-order valence-corrected chi connectivity index (χ1v) is 9.34. The number of aromatic nitrogens is 2. The Morgan fingerprint density at radius 2 is 2.36 bits per heavy atom. The quantitative estimate of drug-likeness (QED) is 0.905. The number of hydrogen-bond donors (Lipinski definition) is 1. The van der Waals surface area contributed by atoms with Crippen LogP contribution in [0.5, 0.6) is 0 Å². The number of nitrogens with zero attached hydrogens (tertiary/aromatic N) is 4. The van der Waals surface area contributed by atoms with Crippen molar-refractivity contribution in [3.63, 3.8) is 0 Å². The standard InChI is InChI=1S/C16H19N5O3S/c22-15-17-4-6-21(15)16(23)20-5-1-2-11(9-20)8-13-18-14(19-24-13)12-3-7-25-10-12/h3,7,10-11H,1-2,4-6,8-9H2,(H,17,22)/t11-/m0/s1. The Bertz CT molecular complexity index is 760. The van der Waals surface area contributed by atoms with Gasteiger partial charge in [0, 0.05) is 43.5 Å². The van der Waals surface area contributed by atoms with Gasteiger partial charge in [-0.1, -0.05) is 5.16 Å². The van der Waals surface area contributed by atoms with Crippen molar-refractivity contribution in [3.8, 4) is 11.4 Å². The fourth-order valence-electron chi connectivity index (χ4n) is 3.32. The van der Waals surface area contributed by atoms with Gasteiger partial charge in [-0.25, -0.2) is 14.5 Å². The summed E-state index contributed by atoms with van der Waals surface area (Å²) in [4.78, 5) is 31.7. The molecule has 0 aromatic carbocycles. The lowest BCUT2D eigenvalue weighted by Gasteiger charge is -2.33.